The van der Waals surface area contributed by atoms with Crippen LogP contribution in [0.4, 0.5) is 5.82 Å². The number of hydrogen-bond donors (Lipinski definition) is 1. The van der Waals surface area contributed by atoms with Gasteiger partial charge in [-0.2, -0.15) is 5.10 Å². The number of carbonyl (C=O) groups is 1. The SMILES string of the molecule is O=C(Nc1ccnn1C1CCCCC1)C1CC1. The molecule has 0 aliphatic heterocycles. The standard InChI is InChI=1S/C13H19N3O/c17-13(10-6-7-10)15-12-8-9-14-16(12)11-4-2-1-3-5-11/h8-11H,1-7H2,(H,15,17). The van der Waals surface area contributed by atoms with E-state index in [1.165, 1.54) is 32.1 Å². The monoisotopic (exact) mass is 233 g/mol. The van der Waals surface area contributed by atoms with Gasteiger partial charge in [0.2, 0.25) is 5.91 Å². The van der Waals surface area contributed by atoms with E-state index in [0.717, 1.165) is 18.7 Å². The Labute approximate surface area is 101 Å². The third-order valence-corrected chi connectivity index (χ3v) is 3.79. The fourth-order valence-electron chi connectivity index (χ4n) is 2.60. The Hall–Kier alpha value is -1.32. The number of nitrogens with zero attached hydrogens (tertiary/aromatic N) is 2. The maximum absolute atomic E-state index is 11.8. The van der Waals surface area contributed by atoms with Gasteiger partial charge in [0.15, 0.2) is 0 Å². The molecule has 0 atom stereocenters. The molecule has 0 bridgehead atoms. The van der Waals surface area contributed by atoms with E-state index in [4.69, 9.17) is 0 Å². The van der Waals surface area contributed by atoms with Gasteiger partial charge in [0.05, 0.1) is 12.2 Å². The lowest BCUT2D eigenvalue weighted by Gasteiger charge is -2.23. The van der Waals surface area contributed by atoms with Gasteiger partial charge < -0.3 is 5.32 Å². The van der Waals surface area contributed by atoms with Crippen molar-refractivity contribution < 1.29 is 4.79 Å². The summed E-state index contributed by atoms with van der Waals surface area (Å²) in [5.41, 5.74) is 0. The van der Waals surface area contributed by atoms with Crippen molar-refractivity contribution in [3.63, 3.8) is 0 Å². The maximum Gasteiger partial charge on any atom is 0.228 e. The van der Waals surface area contributed by atoms with Crippen LogP contribution in [0.25, 0.3) is 0 Å². The first-order valence-electron chi connectivity index (χ1n) is 6.69. The molecule has 4 heteroatoms. The number of anilines is 1. The van der Waals surface area contributed by atoms with Crippen LogP contribution >= 0.6 is 0 Å². The predicted molar refractivity (Wildman–Crippen MR) is 65.7 cm³/mol. The van der Waals surface area contributed by atoms with Crippen LogP contribution in [0.5, 0.6) is 0 Å². The predicted octanol–water partition coefficient (Wildman–Crippen LogP) is 2.74. The van der Waals surface area contributed by atoms with Crippen molar-refractivity contribution in [2.45, 2.75) is 51.0 Å². The van der Waals surface area contributed by atoms with Gasteiger partial charge >= 0.3 is 0 Å². The molecule has 0 aromatic carbocycles. The molecule has 1 N–H and O–H groups in total. The van der Waals surface area contributed by atoms with Crippen molar-refractivity contribution in [1.29, 1.82) is 0 Å². The number of rotatable bonds is 3. The van der Waals surface area contributed by atoms with E-state index in [9.17, 15) is 4.79 Å². The van der Waals surface area contributed by atoms with Crippen molar-refractivity contribution in [3.05, 3.63) is 12.3 Å². The van der Waals surface area contributed by atoms with E-state index >= 15 is 0 Å². The van der Waals surface area contributed by atoms with Crippen LogP contribution in [0.15, 0.2) is 12.3 Å². The van der Waals surface area contributed by atoms with Gasteiger partial charge in [-0.3, -0.25) is 4.79 Å². The lowest BCUT2D eigenvalue weighted by molar-refractivity contribution is -0.117. The van der Waals surface area contributed by atoms with E-state index < -0.39 is 0 Å². The summed E-state index contributed by atoms with van der Waals surface area (Å²) in [5, 5.41) is 7.39. The molecule has 0 spiro atoms. The Morgan fingerprint density at radius 3 is 2.71 bits per heavy atom. The fourth-order valence-corrected chi connectivity index (χ4v) is 2.60. The Bertz CT molecular complexity index is 403. The second kappa shape index (κ2) is 4.51. The Morgan fingerprint density at radius 1 is 1.24 bits per heavy atom. The molecule has 92 valence electrons. The van der Waals surface area contributed by atoms with Crippen LogP contribution in [0.1, 0.15) is 51.0 Å². The number of aromatic nitrogens is 2. The molecule has 1 aromatic rings. The van der Waals surface area contributed by atoms with Crippen LogP contribution < -0.4 is 5.32 Å². The van der Waals surface area contributed by atoms with E-state index in [0.29, 0.717) is 6.04 Å². The normalized spacial score (nSPS) is 21.4. The molecule has 0 saturated heterocycles. The highest BCUT2D eigenvalue weighted by molar-refractivity contribution is 5.93. The first kappa shape index (κ1) is 10.8. The molecule has 2 aliphatic carbocycles. The smallest absolute Gasteiger partial charge is 0.228 e. The summed E-state index contributed by atoms with van der Waals surface area (Å²) in [6.07, 6.45) is 10.1. The highest BCUT2D eigenvalue weighted by Gasteiger charge is 2.30. The number of carbonyl (C=O) groups excluding carboxylic acids is 1. The van der Waals surface area contributed by atoms with Crippen molar-refractivity contribution in [2.75, 3.05) is 5.32 Å². The minimum absolute atomic E-state index is 0.169. The number of hydrogen-bond acceptors (Lipinski definition) is 2. The molecule has 0 unspecified atom stereocenters. The largest absolute Gasteiger partial charge is 0.311 e. The average Bonchev–Trinajstić information content (AvgIpc) is 3.12. The lowest BCUT2D eigenvalue weighted by Crippen LogP contribution is -2.20. The second-order valence-electron chi connectivity index (χ2n) is 5.22. The third kappa shape index (κ3) is 2.35. The minimum Gasteiger partial charge on any atom is -0.311 e. The summed E-state index contributed by atoms with van der Waals surface area (Å²) < 4.78 is 2.01. The highest BCUT2D eigenvalue weighted by Crippen LogP contribution is 2.32. The summed E-state index contributed by atoms with van der Waals surface area (Å²) in [7, 11) is 0. The molecule has 2 fully saturated rings. The van der Waals surface area contributed by atoms with E-state index in [2.05, 4.69) is 10.4 Å². The topological polar surface area (TPSA) is 46.9 Å². The number of amides is 1. The van der Waals surface area contributed by atoms with Crippen LogP contribution in [0, 0.1) is 5.92 Å². The van der Waals surface area contributed by atoms with E-state index in [1.54, 1.807) is 6.20 Å². The zero-order valence-electron chi connectivity index (χ0n) is 10.1. The first-order valence-corrected chi connectivity index (χ1v) is 6.69. The van der Waals surface area contributed by atoms with Gasteiger partial charge in [-0.25, -0.2) is 4.68 Å². The van der Waals surface area contributed by atoms with Crippen molar-refractivity contribution in [2.24, 2.45) is 5.92 Å². The van der Waals surface area contributed by atoms with Gasteiger partial charge in [0.25, 0.3) is 0 Å². The van der Waals surface area contributed by atoms with Crippen molar-refractivity contribution in [1.82, 2.24) is 9.78 Å². The lowest BCUT2D eigenvalue weighted by atomic mass is 9.96. The Morgan fingerprint density at radius 2 is 2.00 bits per heavy atom. The molecule has 1 amide bonds. The first-order chi connectivity index (χ1) is 8.34. The third-order valence-electron chi connectivity index (χ3n) is 3.79. The van der Waals surface area contributed by atoms with Crippen molar-refractivity contribution >= 4 is 11.7 Å². The van der Waals surface area contributed by atoms with Crippen LogP contribution in [0.2, 0.25) is 0 Å². The van der Waals surface area contributed by atoms with E-state index in [1.807, 2.05) is 10.7 Å². The Balaban J connectivity index is 1.71. The Kier molecular flexibility index (Phi) is 2.87. The van der Waals surface area contributed by atoms with Gasteiger partial charge in [-0.1, -0.05) is 19.3 Å². The van der Waals surface area contributed by atoms with Crippen LogP contribution in [0.3, 0.4) is 0 Å². The van der Waals surface area contributed by atoms with E-state index in [-0.39, 0.29) is 11.8 Å². The molecule has 3 rings (SSSR count). The fraction of sp³-hybridized carbons (Fsp3) is 0.692. The summed E-state index contributed by atoms with van der Waals surface area (Å²) in [5.74, 6) is 1.31. The van der Waals surface area contributed by atoms with Crippen LogP contribution in [-0.4, -0.2) is 15.7 Å². The molecule has 17 heavy (non-hydrogen) atoms. The molecule has 0 radical (unpaired) electrons. The summed E-state index contributed by atoms with van der Waals surface area (Å²) in [6.45, 7) is 0. The zero-order chi connectivity index (χ0) is 11.7. The molecule has 2 saturated carbocycles. The van der Waals surface area contributed by atoms with Gasteiger partial charge in [0, 0.05) is 12.0 Å². The van der Waals surface area contributed by atoms with Crippen molar-refractivity contribution in [3.8, 4) is 0 Å². The molecule has 1 aromatic heterocycles. The molecule has 1 heterocycles. The summed E-state index contributed by atoms with van der Waals surface area (Å²) in [6, 6.07) is 2.39. The quantitative estimate of drug-likeness (QED) is 0.872. The maximum atomic E-state index is 11.8. The second-order valence-corrected chi connectivity index (χ2v) is 5.22. The van der Waals surface area contributed by atoms with Gasteiger partial charge in [-0.15, -0.1) is 0 Å². The average molecular weight is 233 g/mol. The molecular weight excluding hydrogens is 214 g/mol. The molecular formula is C13H19N3O. The van der Waals surface area contributed by atoms with Gasteiger partial charge in [-0.05, 0) is 25.7 Å². The molecule has 4 nitrogen and oxygen atoms in total. The summed E-state index contributed by atoms with van der Waals surface area (Å²) >= 11 is 0. The zero-order valence-corrected chi connectivity index (χ0v) is 10.1. The highest BCUT2D eigenvalue weighted by atomic mass is 16.2. The molecule has 2 aliphatic rings. The summed E-state index contributed by atoms with van der Waals surface area (Å²) in [4.78, 5) is 11.8. The van der Waals surface area contributed by atoms with Gasteiger partial charge in [0.1, 0.15) is 5.82 Å². The van der Waals surface area contributed by atoms with Crippen LogP contribution in [-0.2, 0) is 4.79 Å². The number of nitrogens with one attached hydrogen (secondary N) is 1. The minimum atomic E-state index is 0.169.